The SMILES string of the molecule is Cc1cc(C(=O)Nc2ccccc2C(=O)NC2CCCC2)c2ccccc2n1. The van der Waals surface area contributed by atoms with E-state index in [0.717, 1.165) is 42.3 Å². The molecule has 1 aliphatic rings. The minimum Gasteiger partial charge on any atom is -0.349 e. The Kier molecular flexibility index (Phi) is 5.06. The van der Waals surface area contributed by atoms with Crippen molar-refractivity contribution in [3.05, 3.63) is 71.4 Å². The Morgan fingerprint density at radius 2 is 1.64 bits per heavy atom. The third kappa shape index (κ3) is 3.74. The molecule has 0 radical (unpaired) electrons. The van der Waals surface area contributed by atoms with Crippen molar-refractivity contribution in [3.8, 4) is 0 Å². The predicted molar refractivity (Wildman–Crippen MR) is 111 cm³/mol. The number of benzene rings is 2. The molecule has 2 amide bonds. The molecule has 1 heterocycles. The van der Waals surface area contributed by atoms with Crippen molar-refractivity contribution in [1.82, 2.24) is 10.3 Å². The second-order valence-corrected chi connectivity index (χ2v) is 7.28. The predicted octanol–water partition coefficient (Wildman–Crippen LogP) is 4.47. The summed E-state index contributed by atoms with van der Waals surface area (Å²) in [6.07, 6.45) is 4.33. The molecule has 0 spiro atoms. The number of nitrogens with zero attached hydrogens (tertiary/aromatic N) is 1. The number of fused-ring (bicyclic) bond motifs is 1. The van der Waals surface area contributed by atoms with Crippen LogP contribution in [0.2, 0.25) is 0 Å². The molecule has 1 fully saturated rings. The number of hydrogen-bond donors (Lipinski definition) is 2. The molecule has 0 aliphatic heterocycles. The van der Waals surface area contributed by atoms with Crippen LogP contribution in [0, 0.1) is 6.92 Å². The molecule has 2 aromatic carbocycles. The molecule has 1 aromatic heterocycles. The van der Waals surface area contributed by atoms with E-state index in [2.05, 4.69) is 15.6 Å². The van der Waals surface area contributed by atoms with E-state index in [1.807, 2.05) is 43.3 Å². The summed E-state index contributed by atoms with van der Waals surface area (Å²) in [5, 5.41) is 6.80. The number of carbonyl (C=O) groups excluding carboxylic acids is 2. The average Bonchev–Trinajstić information content (AvgIpc) is 3.20. The molecule has 1 saturated carbocycles. The molecule has 4 rings (SSSR count). The molecule has 1 aliphatic carbocycles. The van der Waals surface area contributed by atoms with Crippen molar-refractivity contribution < 1.29 is 9.59 Å². The molecule has 0 unspecified atom stereocenters. The zero-order chi connectivity index (χ0) is 19.5. The van der Waals surface area contributed by atoms with Gasteiger partial charge in [0.1, 0.15) is 0 Å². The highest BCUT2D eigenvalue weighted by Gasteiger charge is 2.21. The van der Waals surface area contributed by atoms with Crippen LogP contribution in [0.25, 0.3) is 10.9 Å². The van der Waals surface area contributed by atoms with Crippen LogP contribution in [0.4, 0.5) is 5.69 Å². The molecular formula is C23H23N3O2. The maximum absolute atomic E-state index is 13.0. The van der Waals surface area contributed by atoms with Crippen LogP contribution in [0.15, 0.2) is 54.6 Å². The zero-order valence-electron chi connectivity index (χ0n) is 15.9. The van der Waals surface area contributed by atoms with Crippen LogP contribution in [0.3, 0.4) is 0 Å². The summed E-state index contributed by atoms with van der Waals surface area (Å²) >= 11 is 0. The maximum atomic E-state index is 13.0. The van der Waals surface area contributed by atoms with Crippen molar-refractivity contribution in [3.63, 3.8) is 0 Å². The van der Waals surface area contributed by atoms with Gasteiger partial charge in [0.05, 0.1) is 22.3 Å². The molecule has 5 nitrogen and oxygen atoms in total. The Labute approximate surface area is 164 Å². The highest BCUT2D eigenvalue weighted by Crippen LogP contribution is 2.23. The van der Waals surface area contributed by atoms with Gasteiger partial charge in [0.15, 0.2) is 0 Å². The fourth-order valence-corrected chi connectivity index (χ4v) is 3.81. The van der Waals surface area contributed by atoms with Crippen LogP contribution in [0.1, 0.15) is 52.1 Å². The third-order valence-electron chi connectivity index (χ3n) is 5.20. The highest BCUT2D eigenvalue weighted by molar-refractivity contribution is 6.14. The Balaban J connectivity index is 1.61. The van der Waals surface area contributed by atoms with E-state index in [-0.39, 0.29) is 17.9 Å². The Bertz CT molecular complexity index is 1040. The summed E-state index contributed by atoms with van der Waals surface area (Å²) in [5.41, 5.74) is 3.10. The summed E-state index contributed by atoms with van der Waals surface area (Å²) in [6, 6.07) is 16.7. The number of anilines is 1. The quantitative estimate of drug-likeness (QED) is 0.709. The number of para-hydroxylation sites is 2. The van der Waals surface area contributed by atoms with E-state index in [9.17, 15) is 9.59 Å². The van der Waals surface area contributed by atoms with Gasteiger partial charge >= 0.3 is 0 Å². The first-order valence-electron chi connectivity index (χ1n) is 9.69. The summed E-state index contributed by atoms with van der Waals surface area (Å²) < 4.78 is 0. The number of carbonyl (C=O) groups is 2. The number of amides is 2. The Hall–Kier alpha value is -3.21. The number of pyridine rings is 1. The summed E-state index contributed by atoms with van der Waals surface area (Å²) in [4.78, 5) is 30.2. The minimum absolute atomic E-state index is 0.140. The van der Waals surface area contributed by atoms with Gasteiger partial charge in [-0.3, -0.25) is 14.6 Å². The van der Waals surface area contributed by atoms with Crippen LogP contribution >= 0.6 is 0 Å². The first-order chi connectivity index (χ1) is 13.6. The van der Waals surface area contributed by atoms with Gasteiger partial charge in [-0.05, 0) is 44.0 Å². The lowest BCUT2D eigenvalue weighted by Gasteiger charge is -2.15. The van der Waals surface area contributed by atoms with Crippen LogP contribution in [-0.2, 0) is 0 Å². The van der Waals surface area contributed by atoms with Gasteiger partial charge < -0.3 is 10.6 Å². The van der Waals surface area contributed by atoms with Gasteiger partial charge in [-0.1, -0.05) is 43.2 Å². The molecular weight excluding hydrogens is 350 g/mol. The normalized spacial score (nSPS) is 14.2. The summed E-state index contributed by atoms with van der Waals surface area (Å²) in [5.74, 6) is -0.388. The lowest BCUT2D eigenvalue weighted by Crippen LogP contribution is -2.33. The number of aromatic nitrogens is 1. The number of rotatable bonds is 4. The molecule has 28 heavy (non-hydrogen) atoms. The van der Waals surface area contributed by atoms with E-state index >= 15 is 0 Å². The number of aryl methyl sites for hydroxylation is 1. The van der Waals surface area contributed by atoms with Gasteiger partial charge in [0.25, 0.3) is 11.8 Å². The average molecular weight is 373 g/mol. The molecule has 3 aromatic rings. The van der Waals surface area contributed by atoms with Crippen molar-refractivity contribution in [2.75, 3.05) is 5.32 Å². The zero-order valence-corrected chi connectivity index (χ0v) is 15.9. The third-order valence-corrected chi connectivity index (χ3v) is 5.20. The van der Waals surface area contributed by atoms with E-state index < -0.39 is 0 Å². The topological polar surface area (TPSA) is 71.1 Å². The minimum atomic E-state index is -0.247. The second-order valence-electron chi connectivity index (χ2n) is 7.28. The Morgan fingerprint density at radius 3 is 2.46 bits per heavy atom. The van der Waals surface area contributed by atoms with Gasteiger partial charge in [-0.2, -0.15) is 0 Å². The lowest BCUT2D eigenvalue weighted by molar-refractivity contribution is 0.0939. The van der Waals surface area contributed by atoms with E-state index in [0.29, 0.717) is 16.8 Å². The lowest BCUT2D eigenvalue weighted by atomic mass is 10.1. The van der Waals surface area contributed by atoms with E-state index in [1.165, 1.54) is 0 Å². The molecule has 0 bridgehead atoms. The molecule has 0 atom stereocenters. The maximum Gasteiger partial charge on any atom is 0.256 e. The molecule has 5 heteroatoms. The fraction of sp³-hybridized carbons (Fsp3) is 0.261. The Morgan fingerprint density at radius 1 is 0.929 bits per heavy atom. The highest BCUT2D eigenvalue weighted by atomic mass is 16.2. The first kappa shape index (κ1) is 18.2. The summed E-state index contributed by atoms with van der Waals surface area (Å²) in [6.45, 7) is 1.87. The van der Waals surface area contributed by atoms with Crippen molar-refractivity contribution in [2.45, 2.75) is 38.6 Å². The van der Waals surface area contributed by atoms with Crippen molar-refractivity contribution in [2.24, 2.45) is 0 Å². The van der Waals surface area contributed by atoms with Crippen LogP contribution in [-0.4, -0.2) is 22.8 Å². The van der Waals surface area contributed by atoms with E-state index in [4.69, 9.17) is 0 Å². The largest absolute Gasteiger partial charge is 0.349 e. The molecule has 2 N–H and O–H groups in total. The first-order valence-corrected chi connectivity index (χ1v) is 9.69. The van der Waals surface area contributed by atoms with Gasteiger partial charge in [0.2, 0.25) is 0 Å². The second kappa shape index (κ2) is 7.80. The fourth-order valence-electron chi connectivity index (χ4n) is 3.81. The monoisotopic (exact) mass is 373 g/mol. The van der Waals surface area contributed by atoms with Crippen molar-refractivity contribution >= 4 is 28.4 Å². The molecule has 0 saturated heterocycles. The standard InChI is InChI=1S/C23H23N3O2/c1-15-14-19(17-10-4-6-12-20(17)24-15)23(28)26-21-13-7-5-11-18(21)22(27)25-16-8-2-3-9-16/h4-7,10-14,16H,2-3,8-9H2,1H3,(H,25,27)(H,26,28). The number of hydrogen-bond acceptors (Lipinski definition) is 3. The summed E-state index contributed by atoms with van der Waals surface area (Å²) in [7, 11) is 0. The molecule has 142 valence electrons. The van der Waals surface area contributed by atoms with Crippen LogP contribution in [0.5, 0.6) is 0 Å². The van der Waals surface area contributed by atoms with Crippen molar-refractivity contribution in [1.29, 1.82) is 0 Å². The van der Waals surface area contributed by atoms with Gasteiger partial charge in [-0.15, -0.1) is 0 Å². The van der Waals surface area contributed by atoms with Gasteiger partial charge in [-0.25, -0.2) is 0 Å². The number of nitrogens with one attached hydrogen (secondary N) is 2. The van der Waals surface area contributed by atoms with Gasteiger partial charge in [0, 0.05) is 17.1 Å². The van der Waals surface area contributed by atoms with Crippen LogP contribution < -0.4 is 10.6 Å². The smallest absolute Gasteiger partial charge is 0.256 e. The van der Waals surface area contributed by atoms with E-state index in [1.54, 1.807) is 18.2 Å².